The van der Waals surface area contributed by atoms with Crippen molar-refractivity contribution < 1.29 is 18.0 Å². The second kappa shape index (κ2) is 7.89. The first-order valence-electron chi connectivity index (χ1n) is 10.9. The maximum absolute atomic E-state index is 12.5. The van der Waals surface area contributed by atoms with Crippen LogP contribution in [0.5, 0.6) is 0 Å². The summed E-state index contributed by atoms with van der Waals surface area (Å²) in [5, 5.41) is 9.74. The van der Waals surface area contributed by atoms with Crippen LogP contribution in [0.1, 0.15) is 50.1 Å². The Labute approximate surface area is 177 Å². The minimum atomic E-state index is -4.71. The number of fused-ring (bicyclic) bond motifs is 3. The lowest BCUT2D eigenvalue weighted by Crippen LogP contribution is -2.31. The molecule has 7 nitrogen and oxygen atoms in total. The third kappa shape index (κ3) is 4.05. The Morgan fingerprint density at radius 3 is 2.74 bits per heavy atom. The van der Waals surface area contributed by atoms with Gasteiger partial charge in [0.1, 0.15) is 17.5 Å². The average Bonchev–Trinajstić information content (AvgIpc) is 3.46. The molecule has 5 rings (SSSR count). The molecular formula is C21H25F3N6O. The maximum atomic E-state index is 12.5. The van der Waals surface area contributed by atoms with E-state index in [1.54, 1.807) is 10.8 Å². The van der Waals surface area contributed by atoms with Gasteiger partial charge in [-0.1, -0.05) is 5.21 Å². The molecule has 2 aliphatic rings. The Kier molecular flexibility index (Phi) is 5.19. The van der Waals surface area contributed by atoms with Crippen LogP contribution in [0.4, 0.5) is 13.2 Å². The second-order valence-corrected chi connectivity index (χ2v) is 9.01. The van der Waals surface area contributed by atoms with Gasteiger partial charge in [-0.05, 0) is 56.6 Å². The molecule has 1 aliphatic carbocycles. The topological polar surface area (TPSA) is 79.2 Å². The number of Topliss-reactive ketones (excluding diaryl/α,β-unsaturated/α-hetero) is 1. The fourth-order valence-electron chi connectivity index (χ4n) is 5.30. The SMILES string of the molecule is O=C(C[C@@H]1CCN(CC2CCC(c3nnn4cnc5[nH]ccc5c34)CC2)C1)C(F)(F)F. The van der Waals surface area contributed by atoms with E-state index >= 15 is 0 Å². The van der Waals surface area contributed by atoms with Gasteiger partial charge in [-0.3, -0.25) is 4.79 Å². The van der Waals surface area contributed by atoms with Crippen molar-refractivity contribution in [1.82, 2.24) is 29.7 Å². The van der Waals surface area contributed by atoms with Gasteiger partial charge in [0.15, 0.2) is 0 Å². The minimum absolute atomic E-state index is 0.175. The first-order valence-corrected chi connectivity index (χ1v) is 10.9. The lowest BCUT2D eigenvalue weighted by Gasteiger charge is -2.30. The van der Waals surface area contributed by atoms with E-state index in [9.17, 15) is 18.0 Å². The summed E-state index contributed by atoms with van der Waals surface area (Å²) in [6.45, 7) is 2.28. The molecule has 3 aromatic heterocycles. The van der Waals surface area contributed by atoms with Crippen molar-refractivity contribution in [1.29, 1.82) is 0 Å². The predicted octanol–water partition coefficient (Wildman–Crippen LogP) is 3.72. The molecule has 0 unspecified atom stereocenters. The predicted molar refractivity (Wildman–Crippen MR) is 108 cm³/mol. The van der Waals surface area contributed by atoms with E-state index in [0.29, 0.717) is 24.8 Å². The van der Waals surface area contributed by atoms with Gasteiger partial charge >= 0.3 is 6.18 Å². The highest BCUT2D eigenvalue weighted by atomic mass is 19.4. The highest BCUT2D eigenvalue weighted by Gasteiger charge is 2.40. The van der Waals surface area contributed by atoms with Crippen molar-refractivity contribution in [2.24, 2.45) is 11.8 Å². The van der Waals surface area contributed by atoms with Gasteiger partial charge in [0, 0.05) is 37.0 Å². The molecule has 0 radical (unpaired) electrons. The first kappa shape index (κ1) is 20.4. The molecule has 1 aliphatic heterocycles. The number of likely N-dealkylation sites (tertiary alicyclic amines) is 1. The number of halogens is 3. The highest BCUT2D eigenvalue weighted by Crippen LogP contribution is 2.38. The molecule has 31 heavy (non-hydrogen) atoms. The van der Waals surface area contributed by atoms with Crippen molar-refractivity contribution in [2.45, 2.75) is 50.6 Å². The van der Waals surface area contributed by atoms with Crippen LogP contribution in [0.2, 0.25) is 0 Å². The summed E-state index contributed by atoms with van der Waals surface area (Å²) >= 11 is 0. The summed E-state index contributed by atoms with van der Waals surface area (Å²) in [7, 11) is 0. The van der Waals surface area contributed by atoms with Gasteiger partial charge in [-0.25, -0.2) is 9.50 Å². The smallest absolute Gasteiger partial charge is 0.346 e. The second-order valence-electron chi connectivity index (χ2n) is 9.01. The zero-order valence-corrected chi connectivity index (χ0v) is 17.1. The lowest BCUT2D eigenvalue weighted by atomic mass is 9.80. The van der Waals surface area contributed by atoms with Crippen LogP contribution in [-0.2, 0) is 4.79 Å². The first-order chi connectivity index (χ1) is 14.9. The fraction of sp³-hybridized carbons (Fsp3) is 0.619. The molecule has 0 bridgehead atoms. The molecular weight excluding hydrogens is 409 g/mol. The fourth-order valence-corrected chi connectivity index (χ4v) is 5.30. The number of hydrogen-bond acceptors (Lipinski definition) is 5. The van der Waals surface area contributed by atoms with E-state index < -0.39 is 12.0 Å². The van der Waals surface area contributed by atoms with Crippen LogP contribution in [0.25, 0.3) is 16.6 Å². The Morgan fingerprint density at radius 1 is 1.16 bits per heavy atom. The summed E-state index contributed by atoms with van der Waals surface area (Å²) in [4.78, 5) is 21.0. The van der Waals surface area contributed by atoms with Crippen LogP contribution in [0.3, 0.4) is 0 Å². The summed E-state index contributed by atoms with van der Waals surface area (Å²) in [6.07, 6.45) is 3.32. The zero-order valence-electron chi connectivity index (χ0n) is 17.1. The average molecular weight is 434 g/mol. The van der Waals surface area contributed by atoms with E-state index in [1.807, 2.05) is 12.3 Å². The number of aromatic amines is 1. The van der Waals surface area contributed by atoms with Crippen LogP contribution in [0, 0.1) is 11.8 Å². The molecule has 1 saturated heterocycles. The van der Waals surface area contributed by atoms with E-state index in [2.05, 4.69) is 25.2 Å². The minimum Gasteiger partial charge on any atom is -0.346 e. The number of carbonyl (C=O) groups is 1. The van der Waals surface area contributed by atoms with Crippen molar-refractivity contribution in [3.8, 4) is 0 Å². The lowest BCUT2D eigenvalue weighted by molar-refractivity contribution is -0.172. The molecule has 166 valence electrons. The van der Waals surface area contributed by atoms with Gasteiger partial charge in [0.05, 0.1) is 5.69 Å². The summed E-state index contributed by atoms with van der Waals surface area (Å²) in [5.41, 5.74) is 2.88. The molecule has 0 amide bonds. The van der Waals surface area contributed by atoms with Crippen LogP contribution in [0.15, 0.2) is 18.6 Å². The molecule has 1 saturated carbocycles. The number of rotatable bonds is 5. The number of nitrogens with zero attached hydrogens (tertiary/aromatic N) is 5. The third-order valence-electron chi connectivity index (χ3n) is 6.91. The largest absolute Gasteiger partial charge is 0.449 e. The van der Waals surface area contributed by atoms with Crippen LogP contribution >= 0.6 is 0 Å². The summed E-state index contributed by atoms with van der Waals surface area (Å²) < 4.78 is 39.3. The standard InChI is InChI=1S/C21H25F3N6O/c22-21(23,24)17(31)9-14-6-8-29(11-14)10-13-1-3-15(4-2-13)18-19-16-5-7-25-20(16)26-12-30(19)28-27-18/h5,7,12-15,25H,1-4,6,8-11H2/t13?,14-,15?/m0/s1. The zero-order chi connectivity index (χ0) is 21.6. The quantitative estimate of drug-likeness (QED) is 0.662. The number of ketones is 1. The molecule has 1 atom stereocenters. The number of hydrogen-bond donors (Lipinski definition) is 1. The molecule has 10 heteroatoms. The Hall–Kier alpha value is -2.49. The Balaban J connectivity index is 1.17. The monoisotopic (exact) mass is 434 g/mol. The molecule has 0 aromatic carbocycles. The summed E-state index contributed by atoms with van der Waals surface area (Å²) in [6, 6.07) is 2.00. The number of nitrogens with one attached hydrogen (secondary N) is 1. The molecule has 2 fully saturated rings. The van der Waals surface area contributed by atoms with Crippen molar-refractivity contribution in [3.05, 3.63) is 24.3 Å². The van der Waals surface area contributed by atoms with Crippen molar-refractivity contribution >= 4 is 22.3 Å². The molecule has 4 heterocycles. The number of carbonyl (C=O) groups excluding carboxylic acids is 1. The van der Waals surface area contributed by atoms with E-state index in [4.69, 9.17) is 0 Å². The normalized spacial score (nSPS) is 25.6. The molecule has 3 aromatic rings. The van der Waals surface area contributed by atoms with E-state index in [0.717, 1.165) is 61.0 Å². The van der Waals surface area contributed by atoms with Crippen LogP contribution < -0.4 is 0 Å². The number of alkyl halides is 3. The Bertz CT molecular complexity index is 1080. The van der Waals surface area contributed by atoms with Gasteiger partial charge < -0.3 is 9.88 Å². The molecule has 0 spiro atoms. The van der Waals surface area contributed by atoms with Gasteiger partial charge in [-0.2, -0.15) is 13.2 Å². The number of H-pyrrole nitrogens is 1. The van der Waals surface area contributed by atoms with Gasteiger partial charge in [0.2, 0.25) is 5.78 Å². The maximum Gasteiger partial charge on any atom is 0.449 e. The van der Waals surface area contributed by atoms with Gasteiger partial charge in [0.25, 0.3) is 0 Å². The Morgan fingerprint density at radius 2 is 1.97 bits per heavy atom. The third-order valence-corrected chi connectivity index (χ3v) is 6.91. The van der Waals surface area contributed by atoms with E-state index in [-0.39, 0.29) is 12.3 Å². The van der Waals surface area contributed by atoms with Crippen molar-refractivity contribution in [3.63, 3.8) is 0 Å². The number of aromatic nitrogens is 5. The van der Waals surface area contributed by atoms with Crippen molar-refractivity contribution in [2.75, 3.05) is 19.6 Å². The van der Waals surface area contributed by atoms with E-state index in [1.165, 1.54) is 0 Å². The van der Waals surface area contributed by atoms with Gasteiger partial charge in [-0.15, -0.1) is 5.10 Å². The molecule has 1 N–H and O–H groups in total. The summed E-state index contributed by atoms with van der Waals surface area (Å²) in [5.74, 6) is -0.882. The highest BCUT2D eigenvalue weighted by molar-refractivity contribution is 5.92. The van der Waals surface area contributed by atoms with Crippen LogP contribution in [-0.4, -0.2) is 61.3 Å².